The predicted octanol–water partition coefficient (Wildman–Crippen LogP) is 2.39. The summed E-state index contributed by atoms with van der Waals surface area (Å²) >= 11 is 0. The van der Waals surface area contributed by atoms with Gasteiger partial charge < -0.3 is 9.64 Å². The number of rotatable bonds is 2. The number of carbonyl (C=O) groups is 2. The largest absolute Gasteiger partial charge is 0.479 e. The van der Waals surface area contributed by atoms with E-state index in [-0.39, 0.29) is 18.4 Å². The number of para-hydroxylation sites is 2. The number of fused-ring (bicyclic) bond motifs is 2. The van der Waals surface area contributed by atoms with Crippen molar-refractivity contribution in [3.8, 4) is 5.75 Å². The molecule has 2 aromatic carbocycles. The molecule has 4 rings (SSSR count). The van der Waals surface area contributed by atoms with Crippen molar-refractivity contribution in [1.29, 1.82) is 0 Å². The van der Waals surface area contributed by atoms with E-state index in [1.165, 1.54) is 11.1 Å². The normalized spacial score (nSPS) is 19.1. The average Bonchev–Trinajstić information content (AvgIpc) is 2.65. The summed E-state index contributed by atoms with van der Waals surface area (Å²) in [7, 11) is 0. The van der Waals surface area contributed by atoms with Crippen molar-refractivity contribution >= 4 is 17.5 Å². The van der Waals surface area contributed by atoms with Crippen LogP contribution in [0, 0.1) is 0 Å². The fraction of sp³-hybridized carbons (Fsp3) is 0.300. The lowest BCUT2D eigenvalue weighted by molar-refractivity contribution is -0.133. The molecule has 2 aromatic rings. The monoisotopic (exact) mass is 336 g/mol. The number of hydrogen-bond donors (Lipinski definition) is 0. The van der Waals surface area contributed by atoms with Gasteiger partial charge in [-0.3, -0.25) is 14.5 Å². The Morgan fingerprint density at radius 1 is 1.12 bits per heavy atom. The zero-order chi connectivity index (χ0) is 17.4. The van der Waals surface area contributed by atoms with Gasteiger partial charge in [0.15, 0.2) is 6.10 Å². The Bertz CT molecular complexity index is 833. The van der Waals surface area contributed by atoms with E-state index in [0.717, 1.165) is 6.42 Å². The van der Waals surface area contributed by atoms with Gasteiger partial charge in [0.25, 0.3) is 5.91 Å². The lowest BCUT2D eigenvalue weighted by Crippen LogP contribution is -2.50. The van der Waals surface area contributed by atoms with Crippen LogP contribution in [0.1, 0.15) is 18.1 Å². The topological polar surface area (TPSA) is 49.9 Å². The average molecular weight is 336 g/mol. The molecule has 0 N–H and O–H groups in total. The third kappa shape index (κ3) is 2.86. The van der Waals surface area contributed by atoms with E-state index in [1.807, 2.05) is 41.3 Å². The Labute approximate surface area is 146 Å². The van der Waals surface area contributed by atoms with Gasteiger partial charge in [0.1, 0.15) is 12.3 Å². The molecule has 0 spiro atoms. The molecule has 128 valence electrons. The number of anilines is 1. The summed E-state index contributed by atoms with van der Waals surface area (Å²) in [6.07, 6.45) is 0.274. The molecule has 2 amide bonds. The maximum Gasteiger partial charge on any atom is 0.268 e. The maximum absolute atomic E-state index is 12.8. The van der Waals surface area contributed by atoms with Crippen molar-refractivity contribution < 1.29 is 14.3 Å². The van der Waals surface area contributed by atoms with E-state index in [9.17, 15) is 9.59 Å². The third-order valence-corrected chi connectivity index (χ3v) is 4.85. The number of carbonyl (C=O) groups excluding carboxylic acids is 2. The van der Waals surface area contributed by atoms with Crippen molar-refractivity contribution in [3.05, 3.63) is 59.7 Å². The van der Waals surface area contributed by atoms with E-state index < -0.39 is 6.10 Å². The van der Waals surface area contributed by atoms with Gasteiger partial charge in [-0.15, -0.1) is 0 Å². The minimum atomic E-state index is -0.579. The van der Waals surface area contributed by atoms with Gasteiger partial charge in [0.2, 0.25) is 5.91 Å². The molecule has 2 aliphatic heterocycles. The smallest absolute Gasteiger partial charge is 0.268 e. The molecule has 0 aliphatic carbocycles. The summed E-state index contributed by atoms with van der Waals surface area (Å²) in [5.41, 5.74) is 3.15. The standard InChI is InChI=1S/C20H20N2O3/c1-14-20(24)22(17-8-4-5-9-18(17)25-14)13-19(23)21-11-10-15-6-2-3-7-16(15)12-21/h2-9,14H,10-13H2,1H3. The van der Waals surface area contributed by atoms with Crippen LogP contribution >= 0.6 is 0 Å². The molecule has 1 unspecified atom stereocenters. The van der Waals surface area contributed by atoms with Crippen LogP contribution in [-0.2, 0) is 22.6 Å². The number of amides is 2. The molecule has 0 fully saturated rings. The third-order valence-electron chi connectivity index (χ3n) is 4.85. The molecule has 0 radical (unpaired) electrons. The van der Waals surface area contributed by atoms with Gasteiger partial charge in [-0.25, -0.2) is 0 Å². The van der Waals surface area contributed by atoms with Crippen LogP contribution in [-0.4, -0.2) is 35.9 Å². The first-order valence-electron chi connectivity index (χ1n) is 8.55. The summed E-state index contributed by atoms with van der Waals surface area (Å²) in [6, 6.07) is 15.6. The molecule has 0 saturated heterocycles. The van der Waals surface area contributed by atoms with Gasteiger partial charge in [0, 0.05) is 13.1 Å². The molecule has 2 aliphatic rings. The molecule has 0 aromatic heterocycles. The lowest BCUT2D eigenvalue weighted by Gasteiger charge is -2.35. The second-order valence-electron chi connectivity index (χ2n) is 6.49. The second kappa shape index (κ2) is 6.24. The summed E-state index contributed by atoms with van der Waals surface area (Å²) in [5.74, 6) is 0.433. The fourth-order valence-electron chi connectivity index (χ4n) is 3.47. The molecule has 0 saturated carbocycles. The van der Waals surface area contributed by atoms with Crippen molar-refractivity contribution in [2.45, 2.75) is 26.0 Å². The van der Waals surface area contributed by atoms with Gasteiger partial charge in [-0.05, 0) is 36.6 Å². The molecular formula is C20H20N2O3. The van der Waals surface area contributed by atoms with Crippen LogP contribution in [0.3, 0.4) is 0 Å². The van der Waals surface area contributed by atoms with Crippen LogP contribution in [0.2, 0.25) is 0 Å². The lowest BCUT2D eigenvalue weighted by atomic mass is 10.00. The van der Waals surface area contributed by atoms with Crippen LogP contribution < -0.4 is 9.64 Å². The van der Waals surface area contributed by atoms with Crippen LogP contribution in [0.25, 0.3) is 0 Å². The summed E-state index contributed by atoms with van der Waals surface area (Å²) in [5, 5.41) is 0. The first-order valence-corrected chi connectivity index (χ1v) is 8.55. The molecule has 0 bridgehead atoms. The van der Waals surface area contributed by atoms with E-state index in [4.69, 9.17) is 4.74 Å². The van der Waals surface area contributed by atoms with Crippen LogP contribution in [0.15, 0.2) is 48.5 Å². The highest BCUT2D eigenvalue weighted by Crippen LogP contribution is 2.33. The van der Waals surface area contributed by atoms with Crippen molar-refractivity contribution in [1.82, 2.24) is 4.90 Å². The molecule has 1 atom stereocenters. The molecule has 25 heavy (non-hydrogen) atoms. The number of nitrogens with zero attached hydrogens (tertiary/aromatic N) is 2. The predicted molar refractivity (Wildman–Crippen MR) is 94.4 cm³/mol. The molecule has 5 nitrogen and oxygen atoms in total. The van der Waals surface area contributed by atoms with E-state index in [1.54, 1.807) is 11.8 Å². The zero-order valence-corrected chi connectivity index (χ0v) is 14.1. The second-order valence-corrected chi connectivity index (χ2v) is 6.49. The highest BCUT2D eigenvalue weighted by Gasteiger charge is 2.33. The minimum absolute atomic E-state index is 0.0354. The van der Waals surface area contributed by atoms with Gasteiger partial charge >= 0.3 is 0 Å². The molecule has 5 heteroatoms. The SMILES string of the molecule is CC1Oc2ccccc2N(CC(=O)N2CCc3ccccc3C2)C1=O. The number of benzene rings is 2. The Balaban J connectivity index is 1.54. The van der Waals surface area contributed by atoms with Gasteiger partial charge in [-0.1, -0.05) is 36.4 Å². The van der Waals surface area contributed by atoms with Gasteiger partial charge in [-0.2, -0.15) is 0 Å². The van der Waals surface area contributed by atoms with E-state index in [2.05, 4.69) is 12.1 Å². The van der Waals surface area contributed by atoms with E-state index in [0.29, 0.717) is 24.5 Å². The summed E-state index contributed by atoms with van der Waals surface area (Å²) in [6.45, 7) is 3.05. The van der Waals surface area contributed by atoms with E-state index >= 15 is 0 Å². The highest BCUT2D eigenvalue weighted by molar-refractivity contribution is 6.03. The Morgan fingerprint density at radius 3 is 2.68 bits per heavy atom. The molecule has 2 heterocycles. The fourth-order valence-corrected chi connectivity index (χ4v) is 3.47. The minimum Gasteiger partial charge on any atom is -0.479 e. The van der Waals surface area contributed by atoms with Crippen LogP contribution in [0.4, 0.5) is 5.69 Å². The Hall–Kier alpha value is -2.82. The first-order chi connectivity index (χ1) is 12.1. The molecular weight excluding hydrogens is 316 g/mol. The van der Waals surface area contributed by atoms with Crippen molar-refractivity contribution in [2.24, 2.45) is 0 Å². The zero-order valence-electron chi connectivity index (χ0n) is 14.1. The first kappa shape index (κ1) is 15.7. The summed E-state index contributed by atoms with van der Waals surface area (Å²) < 4.78 is 5.63. The summed E-state index contributed by atoms with van der Waals surface area (Å²) in [4.78, 5) is 28.7. The Morgan fingerprint density at radius 2 is 1.84 bits per heavy atom. The highest BCUT2D eigenvalue weighted by atomic mass is 16.5. The quantitative estimate of drug-likeness (QED) is 0.846. The number of ether oxygens (including phenoxy) is 1. The Kier molecular flexibility index (Phi) is 3.92. The van der Waals surface area contributed by atoms with Crippen LogP contribution in [0.5, 0.6) is 5.75 Å². The van der Waals surface area contributed by atoms with Crippen molar-refractivity contribution in [2.75, 3.05) is 18.0 Å². The van der Waals surface area contributed by atoms with Gasteiger partial charge in [0.05, 0.1) is 5.69 Å². The maximum atomic E-state index is 12.8. The van der Waals surface area contributed by atoms with Crippen molar-refractivity contribution in [3.63, 3.8) is 0 Å². The number of hydrogen-bond acceptors (Lipinski definition) is 3.